The molecule has 72 valence electrons. The maximum Gasteiger partial charge on any atom is 0.488 e. The molecule has 1 aromatic carbocycles. The van der Waals surface area contributed by atoms with E-state index in [9.17, 15) is 5.11 Å². The molecule has 0 fully saturated rings. The zero-order valence-corrected chi connectivity index (χ0v) is 8.38. The molecule has 0 aliphatic carbocycles. The van der Waals surface area contributed by atoms with Gasteiger partial charge in [0.15, 0.2) is 5.06 Å². The molecule has 0 saturated heterocycles. The molecule has 0 bridgehead atoms. The maximum absolute atomic E-state index is 9.30. The lowest BCUT2D eigenvalue weighted by atomic mass is 9.77. The van der Waals surface area contributed by atoms with Gasteiger partial charge in [-0.15, -0.1) is 0 Å². The van der Waals surface area contributed by atoms with Crippen molar-refractivity contribution in [2.45, 2.75) is 6.92 Å². The molecule has 0 radical (unpaired) electrons. The van der Waals surface area contributed by atoms with Crippen molar-refractivity contribution in [2.75, 3.05) is 0 Å². The highest BCUT2D eigenvalue weighted by Crippen LogP contribution is 2.31. The van der Waals surface area contributed by atoms with Gasteiger partial charge in [0.1, 0.15) is 0 Å². The van der Waals surface area contributed by atoms with Crippen LogP contribution < -0.4 is 5.46 Å². The number of thiophene rings is 1. The lowest BCUT2D eigenvalue weighted by molar-refractivity contribution is 0.425. The third kappa shape index (κ3) is 1.39. The van der Waals surface area contributed by atoms with E-state index in [0.29, 0.717) is 5.46 Å². The molecule has 3 nitrogen and oxygen atoms in total. The fraction of sp³-hybridized carbons (Fsp3) is 0.111. The summed E-state index contributed by atoms with van der Waals surface area (Å²) < 4.78 is 0.896. The van der Waals surface area contributed by atoms with Crippen LogP contribution in [0.2, 0.25) is 0 Å². The number of hydrogen-bond acceptors (Lipinski definition) is 4. The predicted molar refractivity (Wildman–Crippen MR) is 58.1 cm³/mol. The zero-order valence-electron chi connectivity index (χ0n) is 7.56. The summed E-state index contributed by atoms with van der Waals surface area (Å²) in [6, 6.07) is 5.10. The van der Waals surface area contributed by atoms with E-state index >= 15 is 0 Å². The minimum atomic E-state index is -1.45. The largest absolute Gasteiger partial charge is 0.499 e. The Morgan fingerprint density at radius 1 is 1.29 bits per heavy atom. The second kappa shape index (κ2) is 3.27. The number of fused-ring (bicyclic) bond motifs is 1. The van der Waals surface area contributed by atoms with Crippen LogP contribution >= 0.6 is 11.3 Å². The van der Waals surface area contributed by atoms with Crippen LogP contribution in [-0.2, 0) is 0 Å². The summed E-state index contributed by atoms with van der Waals surface area (Å²) in [5.41, 5.74) is 1.29. The molecule has 2 aromatic rings. The molecule has 0 amide bonds. The van der Waals surface area contributed by atoms with Gasteiger partial charge in [-0.2, -0.15) is 0 Å². The number of hydrogen-bond donors (Lipinski definition) is 3. The Morgan fingerprint density at radius 3 is 2.64 bits per heavy atom. The van der Waals surface area contributed by atoms with E-state index in [1.165, 1.54) is 11.3 Å². The van der Waals surface area contributed by atoms with Crippen LogP contribution in [0.1, 0.15) is 5.56 Å². The van der Waals surface area contributed by atoms with Gasteiger partial charge in [0.2, 0.25) is 0 Å². The molecule has 0 unspecified atom stereocenters. The number of aryl methyl sites for hydroxylation is 1. The van der Waals surface area contributed by atoms with Crippen LogP contribution in [0.25, 0.3) is 10.1 Å². The fourth-order valence-electron chi connectivity index (χ4n) is 1.52. The fourth-order valence-corrected chi connectivity index (χ4v) is 2.43. The van der Waals surface area contributed by atoms with E-state index < -0.39 is 7.12 Å². The maximum atomic E-state index is 9.30. The van der Waals surface area contributed by atoms with Gasteiger partial charge in [-0.25, -0.2) is 0 Å². The summed E-state index contributed by atoms with van der Waals surface area (Å²) in [5.74, 6) is 0. The Labute approximate surface area is 85.4 Å². The van der Waals surface area contributed by atoms with Gasteiger partial charge < -0.3 is 15.2 Å². The van der Waals surface area contributed by atoms with Crippen molar-refractivity contribution >= 4 is 34.0 Å². The first-order valence-corrected chi connectivity index (χ1v) is 4.99. The minimum absolute atomic E-state index is 0.243. The molecule has 0 atom stereocenters. The molecule has 1 aromatic heterocycles. The molecule has 0 aliphatic heterocycles. The van der Waals surface area contributed by atoms with Crippen molar-refractivity contribution in [3.05, 3.63) is 23.8 Å². The van der Waals surface area contributed by atoms with E-state index in [0.717, 1.165) is 15.6 Å². The standard InChI is InChI=1S/C9H9BO3S/c1-5-7(10(12)13)3-2-6-4-8(11)14-9(5)6/h2-4,11-13H,1H3. The SMILES string of the molecule is Cc1c(B(O)O)ccc2cc(O)sc12. The van der Waals surface area contributed by atoms with Crippen LogP contribution in [0.4, 0.5) is 0 Å². The lowest BCUT2D eigenvalue weighted by Gasteiger charge is -2.04. The Hall–Kier alpha value is -1.04. The first-order chi connectivity index (χ1) is 6.59. The third-order valence-electron chi connectivity index (χ3n) is 2.24. The summed E-state index contributed by atoms with van der Waals surface area (Å²) in [4.78, 5) is 0. The number of benzene rings is 1. The number of rotatable bonds is 1. The highest BCUT2D eigenvalue weighted by atomic mass is 32.1. The molecule has 0 spiro atoms. The van der Waals surface area contributed by atoms with Crippen LogP contribution in [-0.4, -0.2) is 22.3 Å². The summed E-state index contributed by atoms with van der Waals surface area (Å²) in [6.07, 6.45) is 0. The Morgan fingerprint density at radius 2 is 2.00 bits per heavy atom. The number of aromatic hydroxyl groups is 1. The highest BCUT2D eigenvalue weighted by Gasteiger charge is 2.16. The lowest BCUT2D eigenvalue weighted by Crippen LogP contribution is -2.31. The smallest absolute Gasteiger partial charge is 0.488 e. The van der Waals surface area contributed by atoms with E-state index in [4.69, 9.17) is 10.0 Å². The Bertz CT molecular complexity index is 478. The van der Waals surface area contributed by atoms with E-state index in [1.807, 2.05) is 6.92 Å². The second-order valence-electron chi connectivity index (χ2n) is 3.16. The predicted octanol–water partition coefficient (Wildman–Crippen LogP) is 0.595. The molecule has 5 heteroatoms. The highest BCUT2D eigenvalue weighted by molar-refractivity contribution is 7.21. The Balaban J connectivity index is 2.74. The summed E-state index contributed by atoms with van der Waals surface area (Å²) in [5, 5.41) is 28.6. The second-order valence-corrected chi connectivity index (χ2v) is 4.19. The van der Waals surface area contributed by atoms with Gasteiger partial charge in [0.25, 0.3) is 0 Å². The molecule has 2 rings (SSSR count). The first kappa shape index (κ1) is 9.52. The van der Waals surface area contributed by atoms with Gasteiger partial charge in [0, 0.05) is 4.70 Å². The van der Waals surface area contributed by atoms with Crippen LogP contribution in [0, 0.1) is 6.92 Å². The third-order valence-corrected chi connectivity index (χ3v) is 3.32. The topological polar surface area (TPSA) is 60.7 Å². The first-order valence-electron chi connectivity index (χ1n) is 4.17. The van der Waals surface area contributed by atoms with Gasteiger partial charge in [-0.3, -0.25) is 0 Å². The van der Waals surface area contributed by atoms with Gasteiger partial charge in [0.05, 0.1) is 0 Å². The van der Waals surface area contributed by atoms with Crippen molar-refractivity contribution in [2.24, 2.45) is 0 Å². The molecular formula is C9H9BO3S. The molecule has 1 heterocycles. The van der Waals surface area contributed by atoms with Crippen molar-refractivity contribution in [3.63, 3.8) is 0 Å². The van der Waals surface area contributed by atoms with Gasteiger partial charge in [-0.05, 0) is 29.4 Å². The summed E-state index contributed by atoms with van der Waals surface area (Å²) in [7, 11) is -1.45. The van der Waals surface area contributed by atoms with Gasteiger partial charge in [-0.1, -0.05) is 23.5 Å². The molecule has 14 heavy (non-hydrogen) atoms. The molecule has 0 aliphatic rings. The van der Waals surface area contributed by atoms with Crippen molar-refractivity contribution in [3.8, 4) is 5.06 Å². The van der Waals surface area contributed by atoms with E-state index in [1.54, 1.807) is 18.2 Å². The van der Waals surface area contributed by atoms with E-state index in [-0.39, 0.29) is 5.06 Å². The van der Waals surface area contributed by atoms with Crippen molar-refractivity contribution in [1.29, 1.82) is 0 Å². The van der Waals surface area contributed by atoms with Crippen LogP contribution in [0.5, 0.6) is 5.06 Å². The van der Waals surface area contributed by atoms with Crippen molar-refractivity contribution in [1.82, 2.24) is 0 Å². The average Bonchev–Trinajstić information content (AvgIpc) is 2.46. The van der Waals surface area contributed by atoms with Gasteiger partial charge >= 0.3 is 7.12 Å². The van der Waals surface area contributed by atoms with Crippen LogP contribution in [0.15, 0.2) is 18.2 Å². The monoisotopic (exact) mass is 208 g/mol. The molecular weight excluding hydrogens is 199 g/mol. The summed E-state index contributed by atoms with van der Waals surface area (Å²) >= 11 is 1.24. The van der Waals surface area contributed by atoms with Crippen LogP contribution in [0.3, 0.4) is 0 Å². The van der Waals surface area contributed by atoms with E-state index in [2.05, 4.69) is 0 Å². The quantitative estimate of drug-likeness (QED) is 0.601. The molecule has 3 N–H and O–H groups in total. The average molecular weight is 208 g/mol. The zero-order chi connectivity index (χ0) is 10.3. The molecule has 0 saturated carbocycles. The Kier molecular flexibility index (Phi) is 2.22. The van der Waals surface area contributed by atoms with Crippen molar-refractivity contribution < 1.29 is 15.2 Å². The normalized spacial score (nSPS) is 10.8. The summed E-state index contributed by atoms with van der Waals surface area (Å²) in [6.45, 7) is 1.81. The minimum Gasteiger partial charge on any atom is -0.499 e.